The maximum Gasteiger partial charge on any atom is 0.230 e. The molecule has 0 atom stereocenters. The Hall–Kier alpha value is -2.27. The molecule has 1 aromatic heterocycles. The van der Waals surface area contributed by atoms with Gasteiger partial charge in [0.2, 0.25) is 5.89 Å². The number of hydrogen-bond donors (Lipinski definition) is 0. The lowest BCUT2D eigenvalue weighted by Crippen LogP contribution is -2.25. The Labute approximate surface area is 150 Å². The van der Waals surface area contributed by atoms with Crippen LogP contribution in [0.4, 0.5) is 0 Å². The van der Waals surface area contributed by atoms with Gasteiger partial charge in [-0.05, 0) is 39.4 Å². The molecule has 0 aliphatic rings. The fourth-order valence-electron chi connectivity index (χ4n) is 2.89. The van der Waals surface area contributed by atoms with Gasteiger partial charge in [0.1, 0.15) is 17.3 Å². The summed E-state index contributed by atoms with van der Waals surface area (Å²) in [5.41, 5.74) is 3.83. The molecule has 1 aromatic carbocycles. The summed E-state index contributed by atoms with van der Waals surface area (Å²) in [6.07, 6.45) is 0. The number of aromatic nitrogens is 1. The zero-order valence-electron chi connectivity index (χ0n) is 16.1. The Morgan fingerprint density at radius 3 is 2.52 bits per heavy atom. The maximum absolute atomic E-state index is 5.94. The van der Waals surface area contributed by atoms with Crippen LogP contribution in [-0.4, -0.2) is 37.2 Å². The molecule has 0 radical (unpaired) electrons. The molecule has 0 saturated heterocycles. The van der Waals surface area contributed by atoms with Crippen LogP contribution in [0.1, 0.15) is 30.9 Å². The van der Waals surface area contributed by atoms with Crippen LogP contribution in [0.2, 0.25) is 0 Å². The number of methoxy groups -OCH3 is 2. The van der Waals surface area contributed by atoms with Gasteiger partial charge >= 0.3 is 0 Å². The monoisotopic (exact) mass is 344 g/mol. The number of nitrogens with zero attached hydrogens (tertiary/aromatic N) is 2. The third-order valence-electron chi connectivity index (χ3n) is 4.22. The van der Waals surface area contributed by atoms with Gasteiger partial charge in [-0.15, -0.1) is 0 Å². The first-order valence-electron chi connectivity index (χ1n) is 8.46. The summed E-state index contributed by atoms with van der Waals surface area (Å²) in [6, 6.07) is 3.83. The van der Waals surface area contributed by atoms with Crippen molar-refractivity contribution >= 4 is 0 Å². The van der Waals surface area contributed by atoms with Gasteiger partial charge in [-0.3, -0.25) is 4.90 Å². The maximum atomic E-state index is 5.94. The summed E-state index contributed by atoms with van der Waals surface area (Å²) in [5.74, 6) is 2.90. The number of rotatable bonds is 8. The zero-order chi connectivity index (χ0) is 18.6. The molecule has 136 valence electrons. The van der Waals surface area contributed by atoms with Crippen molar-refractivity contribution in [2.24, 2.45) is 0 Å². The molecule has 0 unspecified atom stereocenters. The molecule has 5 nitrogen and oxygen atoms in total. The molecule has 0 fully saturated rings. The first-order valence-corrected chi connectivity index (χ1v) is 8.46. The van der Waals surface area contributed by atoms with Crippen LogP contribution in [0.3, 0.4) is 0 Å². The van der Waals surface area contributed by atoms with Crippen molar-refractivity contribution in [2.75, 3.05) is 27.3 Å². The van der Waals surface area contributed by atoms with E-state index in [1.807, 2.05) is 32.9 Å². The van der Waals surface area contributed by atoms with E-state index < -0.39 is 0 Å². The molecule has 1 heterocycles. The lowest BCUT2D eigenvalue weighted by Gasteiger charge is -2.19. The summed E-state index contributed by atoms with van der Waals surface area (Å²) in [5, 5.41) is 0. The predicted molar refractivity (Wildman–Crippen MR) is 100 cm³/mol. The Bertz CT molecular complexity index is 750. The topological polar surface area (TPSA) is 47.7 Å². The second-order valence-electron chi connectivity index (χ2n) is 6.26. The van der Waals surface area contributed by atoms with E-state index >= 15 is 0 Å². The molecular weight excluding hydrogens is 316 g/mol. The average Bonchev–Trinajstić information content (AvgIpc) is 2.94. The summed E-state index contributed by atoms with van der Waals surface area (Å²) >= 11 is 0. The van der Waals surface area contributed by atoms with Gasteiger partial charge in [-0.2, -0.15) is 0 Å². The first kappa shape index (κ1) is 19.1. The highest BCUT2D eigenvalue weighted by atomic mass is 16.5. The van der Waals surface area contributed by atoms with E-state index in [9.17, 15) is 0 Å². The van der Waals surface area contributed by atoms with Crippen LogP contribution >= 0.6 is 0 Å². The lowest BCUT2D eigenvalue weighted by atomic mass is 10.1. The molecule has 0 spiro atoms. The van der Waals surface area contributed by atoms with Crippen molar-refractivity contribution in [3.63, 3.8) is 0 Å². The second-order valence-corrected chi connectivity index (χ2v) is 6.26. The normalized spacial score (nSPS) is 11.0. The van der Waals surface area contributed by atoms with E-state index in [1.54, 1.807) is 14.2 Å². The average molecular weight is 344 g/mol. The number of benzene rings is 1. The van der Waals surface area contributed by atoms with Crippen LogP contribution in [-0.2, 0) is 6.54 Å². The van der Waals surface area contributed by atoms with E-state index in [1.165, 1.54) is 0 Å². The van der Waals surface area contributed by atoms with E-state index in [-0.39, 0.29) is 0 Å². The van der Waals surface area contributed by atoms with Gasteiger partial charge in [0.25, 0.3) is 0 Å². The Balaban J connectivity index is 2.37. The quantitative estimate of drug-likeness (QED) is 0.665. The highest BCUT2D eigenvalue weighted by Gasteiger charge is 2.19. The number of aryl methyl sites for hydroxylation is 1. The van der Waals surface area contributed by atoms with Crippen molar-refractivity contribution in [3.05, 3.63) is 41.3 Å². The SMILES string of the molecule is C=C(C)CN(CC)Cc1nc(-c2ccc(OC)c(C)c2OC)oc1C. The molecule has 0 amide bonds. The van der Waals surface area contributed by atoms with Crippen LogP contribution in [0.5, 0.6) is 11.5 Å². The smallest absolute Gasteiger partial charge is 0.230 e. The molecular formula is C20H28N2O3. The predicted octanol–water partition coefficient (Wildman–Crippen LogP) is 4.37. The van der Waals surface area contributed by atoms with Gasteiger partial charge in [0.15, 0.2) is 0 Å². The lowest BCUT2D eigenvalue weighted by molar-refractivity contribution is 0.299. The highest BCUT2D eigenvalue weighted by Crippen LogP contribution is 2.38. The minimum absolute atomic E-state index is 0.571. The highest BCUT2D eigenvalue weighted by molar-refractivity contribution is 5.68. The van der Waals surface area contributed by atoms with Crippen LogP contribution < -0.4 is 9.47 Å². The third-order valence-corrected chi connectivity index (χ3v) is 4.22. The van der Waals surface area contributed by atoms with Crippen molar-refractivity contribution in [1.29, 1.82) is 0 Å². The van der Waals surface area contributed by atoms with Crippen molar-refractivity contribution < 1.29 is 13.9 Å². The molecule has 0 aliphatic carbocycles. The molecule has 25 heavy (non-hydrogen) atoms. The number of ether oxygens (including phenoxy) is 2. The Morgan fingerprint density at radius 1 is 1.24 bits per heavy atom. The fraction of sp³-hybridized carbons (Fsp3) is 0.450. The Morgan fingerprint density at radius 2 is 1.96 bits per heavy atom. The molecule has 0 aliphatic heterocycles. The van der Waals surface area contributed by atoms with Gasteiger partial charge < -0.3 is 13.9 Å². The van der Waals surface area contributed by atoms with E-state index in [4.69, 9.17) is 18.9 Å². The zero-order valence-corrected chi connectivity index (χ0v) is 16.1. The van der Waals surface area contributed by atoms with E-state index in [2.05, 4.69) is 18.4 Å². The van der Waals surface area contributed by atoms with Gasteiger partial charge in [-0.25, -0.2) is 4.98 Å². The molecule has 0 saturated carbocycles. The summed E-state index contributed by atoms with van der Waals surface area (Å²) in [6.45, 7) is 14.6. The van der Waals surface area contributed by atoms with Crippen LogP contribution in [0.25, 0.3) is 11.5 Å². The van der Waals surface area contributed by atoms with E-state index in [0.717, 1.165) is 59.3 Å². The molecule has 0 N–H and O–H groups in total. The largest absolute Gasteiger partial charge is 0.496 e. The molecule has 5 heteroatoms. The van der Waals surface area contributed by atoms with Crippen molar-refractivity contribution in [3.8, 4) is 23.0 Å². The molecule has 0 bridgehead atoms. The van der Waals surface area contributed by atoms with Crippen molar-refractivity contribution in [1.82, 2.24) is 9.88 Å². The number of likely N-dealkylation sites (N-methyl/N-ethyl adjacent to an activating group) is 1. The first-order chi connectivity index (χ1) is 11.9. The standard InChI is InChI=1S/C20H28N2O3/c1-8-22(11-13(2)3)12-17-15(5)25-20(21-17)16-9-10-18(23-6)14(4)19(16)24-7/h9-10H,2,8,11-12H2,1,3-7H3. The summed E-state index contributed by atoms with van der Waals surface area (Å²) in [4.78, 5) is 7.01. The second kappa shape index (κ2) is 8.21. The Kier molecular flexibility index (Phi) is 6.26. The number of hydrogen-bond acceptors (Lipinski definition) is 5. The molecule has 2 rings (SSSR count). The summed E-state index contributed by atoms with van der Waals surface area (Å²) in [7, 11) is 3.30. The minimum Gasteiger partial charge on any atom is -0.496 e. The van der Waals surface area contributed by atoms with Gasteiger partial charge in [-0.1, -0.05) is 19.1 Å². The van der Waals surface area contributed by atoms with Crippen molar-refractivity contribution in [2.45, 2.75) is 34.2 Å². The van der Waals surface area contributed by atoms with Gasteiger partial charge in [0, 0.05) is 18.7 Å². The summed E-state index contributed by atoms with van der Waals surface area (Å²) < 4.78 is 16.9. The third kappa shape index (κ3) is 4.23. The van der Waals surface area contributed by atoms with Gasteiger partial charge in [0.05, 0.1) is 25.5 Å². The number of oxazole rings is 1. The van der Waals surface area contributed by atoms with Crippen LogP contribution in [0.15, 0.2) is 28.7 Å². The van der Waals surface area contributed by atoms with E-state index in [0.29, 0.717) is 5.89 Å². The van der Waals surface area contributed by atoms with Crippen LogP contribution in [0, 0.1) is 13.8 Å². The minimum atomic E-state index is 0.571. The molecule has 2 aromatic rings. The fourth-order valence-corrected chi connectivity index (χ4v) is 2.89.